The molecule has 0 unspecified atom stereocenters. The highest BCUT2D eigenvalue weighted by Crippen LogP contribution is 2.36. The van der Waals surface area contributed by atoms with Gasteiger partial charge in [-0.15, -0.1) is 0 Å². The fourth-order valence-electron chi connectivity index (χ4n) is 4.04. The van der Waals surface area contributed by atoms with E-state index in [-0.39, 0.29) is 10.9 Å². The minimum absolute atomic E-state index is 0.0117. The van der Waals surface area contributed by atoms with Crippen LogP contribution in [0.1, 0.15) is 25.7 Å². The van der Waals surface area contributed by atoms with Crippen LogP contribution in [0, 0.1) is 17.7 Å². The Morgan fingerprint density at radius 2 is 2.00 bits per heavy atom. The Balaban J connectivity index is 1.42. The van der Waals surface area contributed by atoms with Gasteiger partial charge in [0.25, 0.3) is 0 Å². The molecule has 0 spiro atoms. The second-order valence-corrected chi connectivity index (χ2v) is 9.44. The van der Waals surface area contributed by atoms with Crippen molar-refractivity contribution < 1.29 is 13.9 Å². The highest BCUT2D eigenvalue weighted by molar-refractivity contribution is 6.31. The zero-order valence-electron chi connectivity index (χ0n) is 19.2. The number of aromatic nitrogens is 2. The molecule has 9 heteroatoms. The van der Waals surface area contributed by atoms with Crippen molar-refractivity contribution in [3.63, 3.8) is 0 Å². The molecule has 5 rings (SSSR count). The number of benzene rings is 2. The van der Waals surface area contributed by atoms with Crippen molar-refractivity contribution in [3.05, 3.63) is 59.7 Å². The van der Waals surface area contributed by atoms with Gasteiger partial charge in [-0.1, -0.05) is 17.7 Å². The van der Waals surface area contributed by atoms with E-state index in [4.69, 9.17) is 16.3 Å². The predicted molar refractivity (Wildman–Crippen MR) is 136 cm³/mol. The molecule has 1 aromatic heterocycles. The number of nitrogens with zero attached hydrogens (tertiary/aromatic N) is 2. The third-order valence-corrected chi connectivity index (χ3v) is 6.54. The Kier molecular flexibility index (Phi) is 7.11. The third-order valence-electron chi connectivity index (χ3n) is 6.25. The number of carbonyl (C=O) groups is 1. The minimum Gasteiger partial charge on any atom is -0.491 e. The lowest BCUT2D eigenvalue weighted by molar-refractivity contribution is -0.112. The van der Waals surface area contributed by atoms with E-state index in [1.54, 1.807) is 18.2 Å². The van der Waals surface area contributed by atoms with Crippen LogP contribution in [-0.2, 0) is 4.79 Å². The maximum absolute atomic E-state index is 13.6. The van der Waals surface area contributed by atoms with Crippen molar-refractivity contribution in [1.82, 2.24) is 15.3 Å². The van der Waals surface area contributed by atoms with Crippen molar-refractivity contribution in [2.75, 3.05) is 30.3 Å². The monoisotopic (exact) mass is 495 g/mol. The molecule has 1 aliphatic heterocycles. The number of amides is 1. The number of halogens is 2. The Morgan fingerprint density at radius 3 is 2.77 bits per heavy atom. The van der Waals surface area contributed by atoms with Crippen LogP contribution in [-0.4, -0.2) is 35.6 Å². The van der Waals surface area contributed by atoms with Gasteiger partial charge in [-0.3, -0.25) is 4.79 Å². The van der Waals surface area contributed by atoms with Gasteiger partial charge in [0.05, 0.1) is 22.8 Å². The maximum atomic E-state index is 13.6. The summed E-state index contributed by atoms with van der Waals surface area (Å²) in [7, 11) is 0. The van der Waals surface area contributed by atoms with E-state index >= 15 is 0 Å². The molecular formula is C26H27ClFN5O2. The molecule has 35 heavy (non-hydrogen) atoms. The van der Waals surface area contributed by atoms with Gasteiger partial charge in [-0.2, -0.15) is 0 Å². The summed E-state index contributed by atoms with van der Waals surface area (Å²) in [6.45, 7) is 2.54. The van der Waals surface area contributed by atoms with E-state index in [0.717, 1.165) is 38.8 Å². The van der Waals surface area contributed by atoms with E-state index in [2.05, 4.69) is 25.9 Å². The third kappa shape index (κ3) is 6.07. The largest absolute Gasteiger partial charge is 0.491 e. The number of anilines is 3. The molecule has 182 valence electrons. The van der Waals surface area contributed by atoms with Crippen LogP contribution in [0.3, 0.4) is 0 Å². The second kappa shape index (κ2) is 10.6. The molecule has 0 radical (unpaired) electrons. The molecule has 1 saturated carbocycles. The number of rotatable bonds is 8. The van der Waals surface area contributed by atoms with E-state index in [0.29, 0.717) is 52.3 Å². The van der Waals surface area contributed by atoms with Crippen LogP contribution in [0.5, 0.6) is 5.75 Å². The van der Waals surface area contributed by atoms with Crippen LogP contribution < -0.4 is 20.7 Å². The van der Waals surface area contributed by atoms with Gasteiger partial charge in [0.2, 0.25) is 5.91 Å². The van der Waals surface area contributed by atoms with Gasteiger partial charge in [-0.05, 0) is 81.0 Å². The molecule has 2 aromatic carbocycles. The summed E-state index contributed by atoms with van der Waals surface area (Å²) in [6.07, 6.45) is 9.39. The summed E-state index contributed by atoms with van der Waals surface area (Å²) in [6, 6.07) is 7.98. The first-order valence-electron chi connectivity index (χ1n) is 11.9. The van der Waals surface area contributed by atoms with Gasteiger partial charge >= 0.3 is 0 Å². The number of hydrogen-bond donors (Lipinski definition) is 3. The highest BCUT2D eigenvalue weighted by atomic mass is 35.5. The van der Waals surface area contributed by atoms with Crippen LogP contribution in [0.25, 0.3) is 10.9 Å². The van der Waals surface area contributed by atoms with Crippen molar-refractivity contribution in [3.8, 4) is 5.75 Å². The standard InChI is InChI=1S/C26H27ClFN5O2/c27-20-11-18(4-5-21(20)28)32-26-19-12-23(33-25(34)6-3-16-7-9-29-10-8-16)24(35-14-17-1-2-17)13-22(19)30-15-31-26/h3-6,11-13,15-17,29H,1-2,7-10,14H2,(H,33,34)(H,30,31,32)/b6-3+. The van der Waals surface area contributed by atoms with Crippen molar-refractivity contribution in [1.29, 1.82) is 0 Å². The van der Waals surface area contributed by atoms with Gasteiger partial charge in [-0.25, -0.2) is 14.4 Å². The van der Waals surface area contributed by atoms with E-state index in [9.17, 15) is 9.18 Å². The summed E-state index contributed by atoms with van der Waals surface area (Å²) in [4.78, 5) is 21.5. The minimum atomic E-state index is -0.496. The number of nitrogens with one attached hydrogen (secondary N) is 3. The lowest BCUT2D eigenvalue weighted by Crippen LogP contribution is -2.27. The van der Waals surface area contributed by atoms with Crippen molar-refractivity contribution >= 4 is 45.6 Å². The van der Waals surface area contributed by atoms with E-state index < -0.39 is 5.82 Å². The van der Waals surface area contributed by atoms with Crippen LogP contribution in [0.2, 0.25) is 5.02 Å². The molecular weight excluding hydrogens is 469 g/mol. The van der Waals surface area contributed by atoms with Gasteiger partial charge in [0.15, 0.2) is 0 Å². The van der Waals surface area contributed by atoms with E-state index in [1.165, 1.54) is 18.5 Å². The summed E-state index contributed by atoms with van der Waals surface area (Å²) in [5, 5.41) is 10.2. The molecule has 0 atom stereocenters. The molecule has 2 heterocycles. The average molecular weight is 496 g/mol. The van der Waals surface area contributed by atoms with Gasteiger partial charge in [0.1, 0.15) is 23.7 Å². The molecule has 3 aromatic rings. The topological polar surface area (TPSA) is 88.2 Å². The highest BCUT2D eigenvalue weighted by Gasteiger charge is 2.23. The van der Waals surface area contributed by atoms with Gasteiger partial charge in [0, 0.05) is 17.1 Å². The maximum Gasteiger partial charge on any atom is 0.248 e. The number of carbonyl (C=O) groups excluding carboxylic acids is 1. The molecule has 3 N–H and O–H groups in total. The second-order valence-electron chi connectivity index (χ2n) is 9.03. The number of ether oxygens (including phenoxy) is 1. The lowest BCUT2D eigenvalue weighted by atomic mass is 9.98. The first-order valence-corrected chi connectivity index (χ1v) is 12.3. The zero-order valence-corrected chi connectivity index (χ0v) is 19.9. The first-order chi connectivity index (χ1) is 17.0. The van der Waals surface area contributed by atoms with Crippen LogP contribution in [0.4, 0.5) is 21.6 Å². The Bertz CT molecular complexity index is 1260. The quantitative estimate of drug-likeness (QED) is 0.360. The normalized spacial score (nSPS) is 16.5. The summed E-state index contributed by atoms with van der Waals surface area (Å²) in [5.41, 5.74) is 1.79. The molecule has 2 fully saturated rings. The Hall–Kier alpha value is -3.23. The summed E-state index contributed by atoms with van der Waals surface area (Å²) >= 11 is 5.93. The molecule has 0 bridgehead atoms. The van der Waals surface area contributed by atoms with Crippen LogP contribution >= 0.6 is 11.6 Å². The Morgan fingerprint density at radius 1 is 1.17 bits per heavy atom. The molecule has 7 nitrogen and oxygen atoms in total. The average Bonchev–Trinajstić information content (AvgIpc) is 3.69. The summed E-state index contributed by atoms with van der Waals surface area (Å²) in [5.74, 6) is 1.33. The van der Waals surface area contributed by atoms with Crippen molar-refractivity contribution in [2.45, 2.75) is 25.7 Å². The van der Waals surface area contributed by atoms with Crippen LogP contribution in [0.15, 0.2) is 48.8 Å². The molecule has 2 aliphatic rings. The SMILES string of the molecule is O=C(/C=C/C1CCNCC1)Nc1cc2c(Nc3ccc(F)c(Cl)c3)ncnc2cc1OCC1CC1. The lowest BCUT2D eigenvalue weighted by Gasteiger charge is -2.19. The number of hydrogen-bond acceptors (Lipinski definition) is 6. The van der Waals surface area contributed by atoms with Gasteiger partial charge < -0.3 is 20.7 Å². The predicted octanol–water partition coefficient (Wildman–Crippen LogP) is 5.45. The zero-order chi connectivity index (χ0) is 24.2. The fraction of sp³-hybridized carbons (Fsp3) is 0.346. The smallest absolute Gasteiger partial charge is 0.248 e. The first kappa shape index (κ1) is 23.5. The summed E-state index contributed by atoms with van der Waals surface area (Å²) < 4.78 is 19.6. The molecule has 1 amide bonds. The Labute approximate surface area is 208 Å². The number of piperidine rings is 1. The van der Waals surface area contributed by atoms with E-state index in [1.807, 2.05) is 12.1 Å². The fourth-order valence-corrected chi connectivity index (χ4v) is 4.22. The number of fused-ring (bicyclic) bond motifs is 1. The van der Waals surface area contributed by atoms with Crippen molar-refractivity contribution in [2.24, 2.45) is 11.8 Å². The molecule has 1 saturated heterocycles. The number of allylic oxidation sites excluding steroid dienone is 1. The molecule has 1 aliphatic carbocycles.